The van der Waals surface area contributed by atoms with Crippen molar-refractivity contribution in [3.8, 4) is 0 Å². The number of aryl methyl sites for hydroxylation is 1. The number of aromatic nitrogens is 2. The van der Waals surface area contributed by atoms with Crippen molar-refractivity contribution < 1.29 is 14.4 Å². The van der Waals surface area contributed by atoms with Crippen LogP contribution in [-0.4, -0.2) is 27.9 Å². The number of allylic oxidation sites excluding steroid dienone is 2. The molecule has 0 spiro atoms. The molecule has 28 heavy (non-hydrogen) atoms. The van der Waals surface area contributed by atoms with Gasteiger partial charge in [0.05, 0.1) is 23.9 Å². The van der Waals surface area contributed by atoms with E-state index >= 15 is 0 Å². The molecule has 2 aliphatic carbocycles. The molecular formula is C20H18N4O3S. The molecule has 4 unspecified atom stereocenters. The van der Waals surface area contributed by atoms with Gasteiger partial charge in [0.25, 0.3) is 0 Å². The zero-order chi connectivity index (χ0) is 19.4. The number of anilines is 2. The number of fused-ring (bicyclic) bond motifs is 5. The summed E-state index contributed by atoms with van der Waals surface area (Å²) in [5.74, 6) is -0.388. The van der Waals surface area contributed by atoms with Gasteiger partial charge < -0.3 is 5.32 Å². The maximum Gasteiger partial charge on any atom is 0.238 e. The highest BCUT2D eigenvalue weighted by molar-refractivity contribution is 7.15. The van der Waals surface area contributed by atoms with E-state index in [1.165, 1.54) is 16.2 Å². The molecule has 7 nitrogen and oxygen atoms in total. The quantitative estimate of drug-likeness (QED) is 0.635. The summed E-state index contributed by atoms with van der Waals surface area (Å²) in [7, 11) is 0. The molecule has 4 atom stereocenters. The van der Waals surface area contributed by atoms with E-state index in [4.69, 9.17) is 0 Å². The second-order valence-corrected chi connectivity index (χ2v) is 8.71. The molecule has 2 aromatic rings. The standard InChI is InChI=1S/C20H18N4O3S/c1-10-22-23-20(28-10)21-15(25)8-11-2-6-14(7-3-11)24-18(26)16-12-4-5-13(9-12)17(16)19(24)27/h2-7,12-13,16-17H,8-9H2,1H3,(H,21,23,25). The maximum absolute atomic E-state index is 12.9. The molecule has 1 aromatic carbocycles. The Balaban J connectivity index is 1.28. The van der Waals surface area contributed by atoms with E-state index in [0.29, 0.717) is 10.8 Å². The molecule has 3 aliphatic rings. The van der Waals surface area contributed by atoms with Crippen LogP contribution in [0.4, 0.5) is 10.8 Å². The number of imide groups is 1. The fourth-order valence-corrected chi connectivity index (χ4v) is 5.22. The lowest BCUT2D eigenvalue weighted by molar-refractivity contribution is -0.123. The average Bonchev–Trinajstić information content (AvgIpc) is 3.42. The van der Waals surface area contributed by atoms with Crippen LogP contribution in [0.5, 0.6) is 0 Å². The number of carbonyl (C=O) groups is 3. The highest BCUT2D eigenvalue weighted by atomic mass is 32.1. The molecule has 0 radical (unpaired) electrons. The molecule has 142 valence electrons. The van der Waals surface area contributed by atoms with Crippen molar-refractivity contribution in [1.82, 2.24) is 10.2 Å². The number of nitrogens with zero attached hydrogens (tertiary/aromatic N) is 3. The molecule has 8 heteroatoms. The Bertz CT molecular complexity index is 983. The van der Waals surface area contributed by atoms with E-state index in [1.54, 1.807) is 24.3 Å². The van der Waals surface area contributed by atoms with Gasteiger partial charge in [0.1, 0.15) is 5.01 Å². The molecule has 5 rings (SSSR count). The lowest BCUT2D eigenvalue weighted by Gasteiger charge is -2.17. The molecular weight excluding hydrogens is 376 g/mol. The first-order chi connectivity index (χ1) is 13.5. The molecule has 3 amide bonds. The summed E-state index contributed by atoms with van der Waals surface area (Å²) in [4.78, 5) is 39.2. The predicted octanol–water partition coefficient (Wildman–Crippen LogP) is 2.34. The summed E-state index contributed by atoms with van der Waals surface area (Å²) in [5.41, 5.74) is 1.37. The third kappa shape index (κ3) is 2.67. The van der Waals surface area contributed by atoms with Crippen LogP contribution < -0.4 is 10.2 Å². The van der Waals surface area contributed by atoms with Gasteiger partial charge in [-0.25, -0.2) is 0 Å². The highest BCUT2D eigenvalue weighted by Crippen LogP contribution is 2.53. The minimum absolute atomic E-state index is 0.0935. The van der Waals surface area contributed by atoms with E-state index in [0.717, 1.165) is 17.0 Å². The highest BCUT2D eigenvalue weighted by Gasteiger charge is 2.59. The number of carbonyl (C=O) groups excluding carboxylic acids is 3. The van der Waals surface area contributed by atoms with E-state index in [2.05, 4.69) is 27.7 Å². The van der Waals surface area contributed by atoms with Crippen molar-refractivity contribution in [2.24, 2.45) is 23.7 Å². The molecule has 1 aliphatic heterocycles. The van der Waals surface area contributed by atoms with Crippen LogP contribution in [-0.2, 0) is 20.8 Å². The number of hydrogen-bond donors (Lipinski definition) is 1. The van der Waals surface area contributed by atoms with Crippen molar-refractivity contribution in [2.45, 2.75) is 19.8 Å². The van der Waals surface area contributed by atoms with Gasteiger partial charge in [0, 0.05) is 0 Å². The first-order valence-corrected chi connectivity index (χ1v) is 10.1. The van der Waals surface area contributed by atoms with Crippen LogP contribution in [0, 0.1) is 30.6 Å². The fourth-order valence-electron chi connectivity index (χ4n) is 4.62. The third-order valence-corrected chi connectivity index (χ3v) is 6.56. The Morgan fingerprint density at radius 2 is 1.75 bits per heavy atom. The Morgan fingerprint density at radius 1 is 1.11 bits per heavy atom. The van der Waals surface area contributed by atoms with Gasteiger partial charge in [-0.05, 0) is 42.9 Å². The van der Waals surface area contributed by atoms with Crippen LogP contribution in [0.2, 0.25) is 0 Å². The first kappa shape index (κ1) is 17.2. The molecule has 1 aromatic heterocycles. The van der Waals surface area contributed by atoms with Gasteiger partial charge in [-0.15, -0.1) is 10.2 Å². The van der Waals surface area contributed by atoms with Gasteiger partial charge >= 0.3 is 0 Å². The second-order valence-electron chi connectivity index (χ2n) is 7.53. The molecule has 1 saturated carbocycles. The predicted molar refractivity (Wildman–Crippen MR) is 104 cm³/mol. The Kier molecular flexibility index (Phi) is 3.90. The van der Waals surface area contributed by atoms with Gasteiger partial charge in [0.15, 0.2) is 0 Å². The van der Waals surface area contributed by atoms with Gasteiger partial charge in [-0.3, -0.25) is 19.3 Å². The van der Waals surface area contributed by atoms with Crippen molar-refractivity contribution in [3.05, 3.63) is 47.0 Å². The van der Waals surface area contributed by atoms with Gasteiger partial charge in [0.2, 0.25) is 22.9 Å². The fraction of sp³-hybridized carbons (Fsp3) is 0.350. The van der Waals surface area contributed by atoms with Crippen LogP contribution in [0.1, 0.15) is 17.0 Å². The van der Waals surface area contributed by atoms with E-state index in [9.17, 15) is 14.4 Å². The summed E-state index contributed by atoms with van der Waals surface area (Å²) in [6.07, 6.45) is 5.27. The number of nitrogens with one attached hydrogen (secondary N) is 1. The van der Waals surface area contributed by atoms with Crippen molar-refractivity contribution in [2.75, 3.05) is 10.2 Å². The molecule has 2 fully saturated rings. The average molecular weight is 394 g/mol. The van der Waals surface area contributed by atoms with Crippen molar-refractivity contribution in [3.63, 3.8) is 0 Å². The van der Waals surface area contributed by atoms with E-state index in [1.807, 2.05) is 6.92 Å². The molecule has 1 N–H and O–H groups in total. The van der Waals surface area contributed by atoms with Crippen LogP contribution in [0.15, 0.2) is 36.4 Å². The summed E-state index contributed by atoms with van der Waals surface area (Å²) in [5, 5.41) is 11.7. The number of rotatable bonds is 4. The van der Waals surface area contributed by atoms with Crippen molar-refractivity contribution >= 4 is 39.9 Å². The monoisotopic (exact) mass is 394 g/mol. The Labute approximate surface area is 165 Å². The van der Waals surface area contributed by atoms with Crippen LogP contribution in [0.25, 0.3) is 0 Å². The van der Waals surface area contributed by atoms with E-state index < -0.39 is 0 Å². The smallest absolute Gasteiger partial charge is 0.238 e. The molecule has 2 heterocycles. The normalized spacial score (nSPS) is 27.5. The zero-order valence-corrected chi connectivity index (χ0v) is 16.0. The summed E-state index contributed by atoms with van der Waals surface area (Å²) in [6, 6.07) is 7.04. The zero-order valence-electron chi connectivity index (χ0n) is 15.2. The Hall–Kier alpha value is -2.87. The number of hydrogen-bond acceptors (Lipinski definition) is 6. The maximum atomic E-state index is 12.9. The summed E-state index contributed by atoms with van der Waals surface area (Å²) < 4.78 is 0. The molecule has 1 saturated heterocycles. The number of benzene rings is 1. The van der Waals surface area contributed by atoms with Gasteiger partial charge in [-0.1, -0.05) is 35.6 Å². The minimum atomic E-state index is -0.205. The minimum Gasteiger partial charge on any atom is -0.300 e. The van der Waals surface area contributed by atoms with Crippen LogP contribution in [0.3, 0.4) is 0 Å². The lowest BCUT2D eigenvalue weighted by Crippen LogP contribution is -2.32. The first-order valence-electron chi connectivity index (χ1n) is 9.26. The lowest BCUT2D eigenvalue weighted by atomic mass is 9.85. The number of amides is 3. The molecule has 2 bridgehead atoms. The summed E-state index contributed by atoms with van der Waals surface area (Å²) in [6.45, 7) is 1.82. The Morgan fingerprint density at radius 3 is 2.32 bits per heavy atom. The second kappa shape index (κ2) is 6.34. The topological polar surface area (TPSA) is 92.3 Å². The summed E-state index contributed by atoms with van der Waals surface area (Å²) >= 11 is 1.32. The van der Waals surface area contributed by atoms with Crippen LogP contribution >= 0.6 is 11.3 Å². The van der Waals surface area contributed by atoms with Gasteiger partial charge in [-0.2, -0.15) is 0 Å². The van der Waals surface area contributed by atoms with Crippen molar-refractivity contribution in [1.29, 1.82) is 0 Å². The largest absolute Gasteiger partial charge is 0.300 e. The van der Waals surface area contributed by atoms with E-state index in [-0.39, 0.29) is 47.8 Å². The SMILES string of the molecule is Cc1nnc(NC(=O)Cc2ccc(N3C(=O)C4C5C=CC(C5)C4C3=O)cc2)s1. The third-order valence-electron chi connectivity index (χ3n) is 5.80.